The highest BCUT2D eigenvalue weighted by atomic mass is 16.5. The van der Waals surface area contributed by atoms with Crippen LogP contribution in [0, 0.1) is 0 Å². The zero-order valence-electron chi connectivity index (χ0n) is 8.44. The first-order chi connectivity index (χ1) is 7.19. The SMILES string of the molecule is Nc1ncc(C2CC2)cc1C1(O)COC1. The summed E-state index contributed by atoms with van der Waals surface area (Å²) in [6.45, 7) is 0.653. The summed E-state index contributed by atoms with van der Waals surface area (Å²) in [5.41, 5.74) is 6.81. The molecule has 0 amide bonds. The molecule has 1 aliphatic carbocycles. The fraction of sp³-hybridized carbons (Fsp3) is 0.545. The lowest BCUT2D eigenvalue weighted by molar-refractivity contribution is -0.184. The van der Waals surface area contributed by atoms with Gasteiger partial charge in [-0.2, -0.15) is 0 Å². The topological polar surface area (TPSA) is 68.4 Å². The first-order valence-electron chi connectivity index (χ1n) is 5.25. The standard InChI is InChI=1S/C11H14N2O2/c12-10-9(11(14)5-15-6-11)3-8(4-13-10)7-1-2-7/h3-4,7,14H,1-2,5-6H2,(H2,12,13). The molecule has 2 fully saturated rings. The van der Waals surface area contributed by atoms with E-state index in [9.17, 15) is 5.11 Å². The molecule has 0 unspecified atom stereocenters. The molecule has 4 nitrogen and oxygen atoms in total. The molecule has 80 valence electrons. The van der Waals surface area contributed by atoms with Gasteiger partial charge in [0.15, 0.2) is 0 Å². The van der Waals surface area contributed by atoms with Crippen LogP contribution in [0.4, 0.5) is 5.82 Å². The molecular formula is C11H14N2O2. The van der Waals surface area contributed by atoms with E-state index in [0.29, 0.717) is 24.9 Å². The van der Waals surface area contributed by atoms with Gasteiger partial charge in [-0.25, -0.2) is 4.98 Å². The van der Waals surface area contributed by atoms with E-state index in [4.69, 9.17) is 10.5 Å². The van der Waals surface area contributed by atoms with Crippen molar-refractivity contribution in [1.29, 1.82) is 0 Å². The van der Waals surface area contributed by atoms with Crippen LogP contribution in [-0.4, -0.2) is 23.3 Å². The molecule has 1 aromatic heterocycles. The average molecular weight is 206 g/mol. The first kappa shape index (κ1) is 9.12. The Hall–Kier alpha value is -1.13. The third-order valence-corrected chi connectivity index (χ3v) is 3.17. The quantitative estimate of drug-likeness (QED) is 0.749. The van der Waals surface area contributed by atoms with E-state index in [-0.39, 0.29) is 0 Å². The second-order valence-electron chi connectivity index (χ2n) is 4.50. The summed E-state index contributed by atoms with van der Waals surface area (Å²) in [7, 11) is 0. The first-order valence-corrected chi connectivity index (χ1v) is 5.25. The van der Waals surface area contributed by atoms with E-state index in [1.807, 2.05) is 12.3 Å². The monoisotopic (exact) mass is 206 g/mol. The molecule has 1 saturated carbocycles. The van der Waals surface area contributed by atoms with E-state index < -0.39 is 5.60 Å². The van der Waals surface area contributed by atoms with Crippen LogP contribution in [0.3, 0.4) is 0 Å². The van der Waals surface area contributed by atoms with Gasteiger partial charge in [-0.05, 0) is 30.4 Å². The van der Waals surface area contributed by atoms with Gasteiger partial charge in [0.05, 0.1) is 13.2 Å². The van der Waals surface area contributed by atoms with Gasteiger partial charge in [-0.1, -0.05) is 0 Å². The number of aromatic nitrogens is 1. The van der Waals surface area contributed by atoms with Crippen LogP contribution in [0.1, 0.15) is 29.9 Å². The number of anilines is 1. The minimum Gasteiger partial charge on any atom is -0.383 e. The zero-order chi connectivity index (χ0) is 10.5. The molecule has 0 radical (unpaired) electrons. The van der Waals surface area contributed by atoms with Crippen LogP contribution in [0.5, 0.6) is 0 Å². The van der Waals surface area contributed by atoms with Crippen molar-refractivity contribution in [3.8, 4) is 0 Å². The maximum Gasteiger partial charge on any atom is 0.140 e. The number of nitrogen functional groups attached to an aromatic ring is 1. The maximum atomic E-state index is 10.1. The second kappa shape index (κ2) is 2.93. The van der Waals surface area contributed by atoms with Gasteiger partial charge in [0.25, 0.3) is 0 Å². The Balaban J connectivity index is 2.00. The molecule has 3 rings (SSSR count). The Morgan fingerprint density at radius 3 is 2.73 bits per heavy atom. The molecular weight excluding hydrogens is 192 g/mol. The lowest BCUT2D eigenvalue weighted by Gasteiger charge is -2.37. The molecule has 0 atom stereocenters. The van der Waals surface area contributed by atoms with Gasteiger partial charge >= 0.3 is 0 Å². The smallest absolute Gasteiger partial charge is 0.140 e. The van der Waals surface area contributed by atoms with E-state index in [1.165, 1.54) is 18.4 Å². The summed E-state index contributed by atoms with van der Waals surface area (Å²) in [4.78, 5) is 4.15. The second-order valence-corrected chi connectivity index (χ2v) is 4.50. The summed E-state index contributed by atoms with van der Waals surface area (Å²) >= 11 is 0. The molecule has 0 aromatic carbocycles. The highest BCUT2D eigenvalue weighted by molar-refractivity contribution is 5.47. The Labute approximate surface area is 88.1 Å². The number of pyridine rings is 1. The number of ether oxygens (including phenoxy) is 1. The number of nitrogens with two attached hydrogens (primary N) is 1. The molecule has 4 heteroatoms. The fourth-order valence-electron chi connectivity index (χ4n) is 1.96. The molecule has 2 aliphatic rings. The Bertz CT molecular complexity index is 398. The van der Waals surface area contributed by atoms with Crippen LogP contribution in [-0.2, 0) is 10.3 Å². The lowest BCUT2D eigenvalue weighted by Crippen LogP contribution is -2.47. The lowest BCUT2D eigenvalue weighted by atomic mass is 9.91. The molecule has 15 heavy (non-hydrogen) atoms. The van der Waals surface area contributed by atoms with Crippen molar-refractivity contribution in [3.63, 3.8) is 0 Å². The molecule has 1 saturated heterocycles. The van der Waals surface area contributed by atoms with Crippen LogP contribution in [0.2, 0.25) is 0 Å². The normalized spacial score (nSPS) is 23.5. The maximum absolute atomic E-state index is 10.1. The van der Waals surface area contributed by atoms with Gasteiger partial charge in [0.1, 0.15) is 11.4 Å². The number of aliphatic hydroxyl groups is 1. The number of hydrogen-bond donors (Lipinski definition) is 2. The van der Waals surface area contributed by atoms with Crippen molar-refractivity contribution in [2.45, 2.75) is 24.4 Å². The molecule has 0 bridgehead atoms. The zero-order valence-corrected chi connectivity index (χ0v) is 8.44. The van der Waals surface area contributed by atoms with Crippen molar-refractivity contribution < 1.29 is 9.84 Å². The van der Waals surface area contributed by atoms with Crippen molar-refractivity contribution >= 4 is 5.82 Å². The van der Waals surface area contributed by atoms with Gasteiger partial charge < -0.3 is 15.6 Å². The minimum atomic E-state index is -0.901. The third kappa shape index (κ3) is 1.41. The molecule has 1 aromatic rings. The summed E-state index contributed by atoms with van der Waals surface area (Å²) < 4.78 is 5.03. The van der Waals surface area contributed by atoms with Crippen LogP contribution >= 0.6 is 0 Å². The van der Waals surface area contributed by atoms with Crippen LogP contribution in [0.15, 0.2) is 12.3 Å². The number of nitrogens with zero attached hydrogens (tertiary/aromatic N) is 1. The van der Waals surface area contributed by atoms with Crippen molar-refractivity contribution in [3.05, 3.63) is 23.4 Å². The van der Waals surface area contributed by atoms with E-state index in [2.05, 4.69) is 4.98 Å². The summed E-state index contributed by atoms with van der Waals surface area (Å²) in [6, 6.07) is 1.99. The van der Waals surface area contributed by atoms with Crippen LogP contribution < -0.4 is 5.73 Å². The molecule has 2 heterocycles. The largest absolute Gasteiger partial charge is 0.383 e. The summed E-state index contributed by atoms with van der Waals surface area (Å²) in [5.74, 6) is 1.05. The van der Waals surface area contributed by atoms with Gasteiger partial charge in [-0.15, -0.1) is 0 Å². The fourth-order valence-corrected chi connectivity index (χ4v) is 1.96. The Morgan fingerprint density at radius 2 is 2.20 bits per heavy atom. The Kier molecular flexibility index (Phi) is 1.78. The van der Waals surface area contributed by atoms with Crippen molar-refractivity contribution in [1.82, 2.24) is 4.98 Å². The van der Waals surface area contributed by atoms with Gasteiger partial charge in [-0.3, -0.25) is 0 Å². The number of rotatable bonds is 2. The predicted octanol–water partition coefficient (Wildman–Crippen LogP) is 0.759. The minimum absolute atomic E-state index is 0.326. The molecule has 3 N–H and O–H groups in total. The van der Waals surface area contributed by atoms with E-state index in [0.717, 1.165) is 5.56 Å². The van der Waals surface area contributed by atoms with Crippen molar-refractivity contribution in [2.24, 2.45) is 0 Å². The van der Waals surface area contributed by atoms with Gasteiger partial charge in [0, 0.05) is 11.8 Å². The van der Waals surface area contributed by atoms with E-state index in [1.54, 1.807) is 0 Å². The molecule has 1 aliphatic heterocycles. The van der Waals surface area contributed by atoms with E-state index >= 15 is 0 Å². The Morgan fingerprint density at radius 1 is 1.47 bits per heavy atom. The van der Waals surface area contributed by atoms with Crippen LogP contribution in [0.25, 0.3) is 0 Å². The summed E-state index contributed by atoms with van der Waals surface area (Å²) in [5, 5.41) is 10.1. The molecule has 0 spiro atoms. The average Bonchev–Trinajstić information content (AvgIpc) is 2.98. The third-order valence-electron chi connectivity index (χ3n) is 3.17. The highest BCUT2D eigenvalue weighted by Crippen LogP contribution is 2.42. The van der Waals surface area contributed by atoms with Gasteiger partial charge in [0.2, 0.25) is 0 Å². The predicted molar refractivity (Wildman–Crippen MR) is 55.3 cm³/mol. The number of hydrogen-bond acceptors (Lipinski definition) is 4. The highest BCUT2D eigenvalue weighted by Gasteiger charge is 2.40. The summed E-state index contributed by atoms with van der Waals surface area (Å²) in [6.07, 6.45) is 4.26. The van der Waals surface area contributed by atoms with Crippen molar-refractivity contribution in [2.75, 3.05) is 18.9 Å².